The Morgan fingerprint density at radius 3 is 3.06 bits per heavy atom. The number of oxazole rings is 1. The number of hydrogen-bond acceptors (Lipinski definition) is 4. The van der Waals surface area contributed by atoms with Crippen LogP contribution in [-0.2, 0) is 0 Å². The van der Waals surface area contributed by atoms with Crippen LogP contribution in [0.4, 0.5) is 0 Å². The number of aromatic nitrogens is 5. The second kappa shape index (κ2) is 2.94. The quantitative estimate of drug-likeness (QED) is 0.494. The molecule has 6 heteroatoms. The van der Waals surface area contributed by atoms with Crippen LogP contribution >= 0.6 is 0 Å². The van der Waals surface area contributed by atoms with Gasteiger partial charge >= 0.3 is 5.84 Å². The van der Waals surface area contributed by atoms with E-state index in [0.29, 0.717) is 5.84 Å². The van der Waals surface area contributed by atoms with Crippen LogP contribution in [0.3, 0.4) is 0 Å². The summed E-state index contributed by atoms with van der Waals surface area (Å²) >= 11 is 0. The molecular weight excluding hydrogens is 218 g/mol. The number of imidazole rings is 1. The van der Waals surface area contributed by atoms with Crippen LogP contribution in [0.15, 0.2) is 47.5 Å². The molecule has 0 unspecified atom stereocenters. The molecule has 0 fully saturated rings. The van der Waals surface area contributed by atoms with Gasteiger partial charge in [0, 0.05) is 12.4 Å². The van der Waals surface area contributed by atoms with Gasteiger partial charge in [-0.15, -0.1) is 10.2 Å². The summed E-state index contributed by atoms with van der Waals surface area (Å²) < 4.78 is 8.95. The van der Waals surface area contributed by atoms with Crippen LogP contribution in [0.5, 0.6) is 0 Å². The molecule has 0 aliphatic heterocycles. The van der Waals surface area contributed by atoms with Crippen molar-refractivity contribution in [3.8, 4) is 11.5 Å². The molecule has 0 saturated heterocycles. The number of nitrogens with zero attached hydrogens (tertiary/aromatic N) is 5. The molecule has 0 aliphatic carbocycles. The van der Waals surface area contributed by atoms with Gasteiger partial charge in [0.25, 0.3) is 0 Å². The van der Waals surface area contributed by atoms with Gasteiger partial charge in [-0.25, -0.2) is 4.98 Å². The van der Waals surface area contributed by atoms with E-state index in [1.807, 2.05) is 39.4 Å². The molecular formula is C11H7N5O. The summed E-state index contributed by atoms with van der Waals surface area (Å²) in [6.45, 7) is 0. The number of hydrogen-bond donors (Lipinski definition) is 0. The monoisotopic (exact) mass is 225 g/mol. The Balaban J connectivity index is 2.09. The van der Waals surface area contributed by atoms with Gasteiger partial charge in [0.15, 0.2) is 11.5 Å². The predicted octanol–water partition coefficient (Wildman–Crippen LogP) is 1.64. The molecule has 4 aromatic rings. The fourth-order valence-electron chi connectivity index (χ4n) is 1.91. The highest BCUT2D eigenvalue weighted by Crippen LogP contribution is 2.19. The van der Waals surface area contributed by atoms with E-state index < -0.39 is 0 Å². The van der Waals surface area contributed by atoms with Crippen molar-refractivity contribution < 1.29 is 4.42 Å². The van der Waals surface area contributed by atoms with Crippen LogP contribution in [0.25, 0.3) is 23.0 Å². The second-order valence-electron chi connectivity index (χ2n) is 3.65. The van der Waals surface area contributed by atoms with Crippen molar-refractivity contribution in [2.24, 2.45) is 0 Å². The average Bonchev–Trinajstić information content (AvgIpc) is 3.02. The molecule has 0 bridgehead atoms. The van der Waals surface area contributed by atoms with Gasteiger partial charge < -0.3 is 4.42 Å². The van der Waals surface area contributed by atoms with Gasteiger partial charge in [-0.3, -0.25) is 8.80 Å². The van der Waals surface area contributed by atoms with E-state index in [9.17, 15) is 0 Å². The van der Waals surface area contributed by atoms with Crippen molar-refractivity contribution in [1.82, 2.24) is 24.0 Å². The molecule has 0 N–H and O–H groups in total. The highest BCUT2D eigenvalue weighted by atomic mass is 16.3. The third-order valence-electron chi connectivity index (χ3n) is 2.69. The SMILES string of the molecule is c1ccn2c(-c3cnc4occn34)nnc2c1. The van der Waals surface area contributed by atoms with Crippen molar-refractivity contribution in [2.75, 3.05) is 0 Å². The van der Waals surface area contributed by atoms with Crippen molar-refractivity contribution in [3.05, 3.63) is 43.1 Å². The van der Waals surface area contributed by atoms with Gasteiger partial charge in [0.05, 0.1) is 6.20 Å². The molecule has 0 spiro atoms. The Morgan fingerprint density at radius 1 is 1.06 bits per heavy atom. The standard InChI is InChI=1S/C11H7N5O/c1-2-4-16-9(3-1)13-14-10(16)8-7-12-11-15(8)5-6-17-11/h1-7H. The zero-order valence-electron chi connectivity index (χ0n) is 8.69. The molecule has 4 rings (SSSR count). The van der Waals surface area contributed by atoms with Crippen LogP contribution in [0.2, 0.25) is 0 Å². The highest BCUT2D eigenvalue weighted by Gasteiger charge is 2.13. The molecule has 0 amide bonds. The van der Waals surface area contributed by atoms with E-state index in [1.54, 1.807) is 12.5 Å². The first-order chi connectivity index (χ1) is 8.43. The Morgan fingerprint density at radius 2 is 2.06 bits per heavy atom. The van der Waals surface area contributed by atoms with Gasteiger partial charge in [-0.05, 0) is 12.1 Å². The van der Waals surface area contributed by atoms with Gasteiger partial charge in [-0.1, -0.05) is 6.07 Å². The summed E-state index contributed by atoms with van der Waals surface area (Å²) in [6.07, 6.45) is 7.04. The first-order valence-electron chi connectivity index (χ1n) is 5.14. The normalized spacial score (nSPS) is 11.5. The van der Waals surface area contributed by atoms with Crippen LogP contribution < -0.4 is 0 Å². The van der Waals surface area contributed by atoms with Gasteiger partial charge in [0.1, 0.15) is 12.0 Å². The molecule has 0 saturated carbocycles. The Labute approximate surface area is 95.1 Å². The number of fused-ring (bicyclic) bond motifs is 2. The largest absolute Gasteiger partial charge is 0.432 e. The molecule has 82 valence electrons. The minimum absolute atomic E-state index is 0.549. The number of pyridine rings is 1. The van der Waals surface area contributed by atoms with Gasteiger partial charge in [-0.2, -0.15) is 0 Å². The second-order valence-corrected chi connectivity index (χ2v) is 3.65. The lowest BCUT2D eigenvalue weighted by molar-refractivity contribution is 0.596. The van der Waals surface area contributed by atoms with Crippen molar-refractivity contribution in [1.29, 1.82) is 0 Å². The first kappa shape index (κ1) is 8.51. The molecule has 4 heterocycles. The van der Waals surface area contributed by atoms with Crippen molar-refractivity contribution in [2.45, 2.75) is 0 Å². The lowest BCUT2D eigenvalue weighted by Gasteiger charge is -1.96. The van der Waals surface area contributed by atoms with E-state index in [4.69, 9.17) is 4.42 Å². The summed E-state index contributed by atoms with van der Waals surface area (Å²) in [5.41, 5.74) is 1.66. The van der Waals surface area contributed by atoms with Crippen molar-refractivity contribution >= 4 is 11.5 Å². The molecule has 4 aromatic heterocycles. The number of rotatable bonds is 1. The topological polar surface area (TPSA) is 60.6 Å². The van der Waals surface area contributed by atoms with Gasteiger partial charge in [0.2, 0.25) is 0 Å². The molecule has 6 nitrogen and oxygen atoms in total. The molecule has 0 radical (unpaired) electrons. The summed E-state index contributed by atoms with van der Waals surface area (Å²) in [4.78, 5) is 4.16. The average molecular weight is 225 g/mol. The Kier molecular flexibility index (Phi) is 1.47. The van der Waals surface area contributed by atoms with E-state index in [-0.39, 0.29) is 0 Å². The smallest absolute Gasteiger partial charge is 0.306 e. The molecule has 0 aromatic carbocycles. The maximum atomic E-state index is 5.20. The van der Waals surface area contributed by atoms with Crippen molar-refractivity contribution in [3.63, 3.8) is 0 Å². The van der Waals surface area contributed by atoms with E-state index in [0.717, 1.165) is 17.2 Å². The summed E-state index contributed by atoms with van der Waals surface area (Å²) in [7, 11) is 0. The zero-order valence-corrected chi connectivity index (χ0v) is 8.69. The fraction of sp³-hybridized carbons (Fsp3) is 0. The van der Waals surface area contributed by atoms with E-state index in [2.05, 4.69) is 15.2 Å². The third kappa shape index (κ3) is 1.06. The Hall–Kier alpha value is -2.63. The lowest BCUT2D eigenvalue weighted by atomic mass is 10.4. The highest BCUT2D eigenvalue weighted by molar-refractivity contribution is 5.58. The molecule has 0 atom stereocenters. The fourth-order valence-corrected chi connectivity index (χ4v) is 1.91. The minimum Gasteiger partial charge on any atom is -0.432 e. The molecule has 0 aliphatic rings. The summed E-state index contributed by atoms with van der Waals surface area (Å²) in [5.74, 6) is 1.29. The maximum Gasteiger partial charge on any atom is 0.306 e. The van der Waals surface area contributed by atoms with E-state index >= 15 is 0 Å². The molecule has 17 heavy (non-hydrogen) atoms. The van der Waals surface area contributed by atoms with Crippen LogP contribution in [0, 0.1) is 0 Å². The third-order valence-corrected chi connectivity index (χ3v) is 2.69. The maximum absolute atomic E-state index is 5.20. The summed E-state index contributed by atoms with van der Waals surface area (Å²) in [6, 6.07) is 5.77. The zero-order chi connectivity index (χ0) is 11.2. The van der Waals surface area contributed by atoms with Crippen LogP contribution in [-0.4, -0.2) is 24.0 Å². The summed E-state index contributed by atoms with van der Waals surface area (Å²) in [5, 5.41) is 8.29. The predicted molar refractivity (Wildman–Crippen MR) is 59.4 cm³/mol. The van der Waals surface area contributed by atoms with Crippen LogP contribution in [0.1, 0.15) is 0 Å². The van der Waals surface area contributed by atoms with E-state index in [1.165, 1.54) is 0 Å². The lowest BCUT2D eigenvalue weighted by Crippen LogP contribution is -1.91. The Bertz CT molecular complexity index is 809. The minimum atomic E-state index is 0.549. The first-order valence-corrected chi connectivity index (χ1v) is 5.14.